The minimum atomic E-state index is -4.47. The average molecular weight is 471 g/mol. The number of rotatable bonds is 3. The van der Waals surface area contributed by atoms with Crippen LogP contribution in [0.25, 0.3) is 0 Å². The van der Waals surface area contributed by atoms with Gasteiger partial charge in [-0.15, -0.1) is 10.2 Å². The summed E-state index contributed by atoms with van der Waals surface area (Å²) in [5.74, 6) is 1.77. The van der Waals surface area contributed by atoms with Crippen molar-refractivity contribution in [2.75, 3.05) is 48.3 Å². The lowest BCUT2D eigenvalue weighted by Gasteiger charge is -2.34. The van der Waals surface area contributed by atoms with Gasteiger partial charge in [0.1, 0.15) is 5.82 Å². The highest BCUT2D eigenvalue weighted by Crippen LogP contribution is 2.27. The van der Waals surface area contributed by atoms with Gasteiger partial charge in [0, 0.05) is 32.8 Å². The molecular formula is C20H28F3N7O3. The van der Waals surface area contributed by atoms with E-state index in [9.17, 15) is 28.5 Å². The van der Waals surface area contributed by atoms with Gasteiger partial charge in [0.05, 0.1) is 24.6 Å². The summed E-state index contributed by atoms with van der Waals surface area (Å²) in [7, 11) is 0. The number of nitrogen functional groups attached to an aromatic ring is 1. The summed E-state index contributed by atoms with van der Waals surface area (Å²) in [6.07, 6.45) is -1.66. The van der Waals surface area contributed by atoms with Crippen LogP contribution in [0.3, 0.4) is 0 Å². The summed E-state index contributed by atoms with van der Waals surface area (Å²) in [6, 6.07) is 3.88. The maximum Gasteiger partial charge on any atom is 0.434 e. The van der Waals surface area contributed by atoms with Gasteiger partial charge in [-0.2, -0.15) is 13.2 Å². The molecule has 4 heterocycles. The van der Waals surface area contributed by atoms with Crippen LogP contribution in [0.15, 0.2) is 24.5 Å². The molecule has 2 aliphatic heterocycles. The summed E-state index contributed by atoms with van der Waals surface area (Å²) in [5.41, 5.74) is 3.91. The predicted molar refractivity (Wildman–Crippen MR) is 114 cm³/mol. The van der Waals surface area contributed by atoms with Crippen LogP contribution < -0.4 is 15.5 Å². The van der Waals surface area contributed by atoms with Gasteiger partial charge in [-0.1, -0.05) is 0 Å². The molecule has 2 fully saturated rings. The molecule has 5 N–H and O–H groups in total. The normalized spacial score (nSPS) is 22.0. The topological polar surface area (TPSA) is 145 Å². The Kier molecular flexibility index (Phi) is 8.21. The number of β-amino-alcohol motifs (C(OH)–C–C–N with tert-alkyl or cyclic N) is 1. The molecule has 0 aliphatic carbocycles. The third-order valence-corrected chi connectivity index (χ3v) is 5.65. The fourth-order valence-corrected chi connectivity index (χ4v) is 3.65. The standard InChI is InChI=1S/C15H24N4O3.C5H4F3N3/c20-10-11-3-6-18(7-4-11)14-1-2-15(17-16-14)19-8-5-12(21)13(22)9-19;6-5(7,8)3-1-10-2-4(9)11-3/h1-2,11-13,20-22H,3-10H2;1-2H,(H2,9,11). The summed E-state index contributed by atoms with van der Waals surface area (Å²) in [4.78, 5) is 10.4. The summed E-state index contributed by atoms with van der Waals surface area (Å²) in [6.45, 7) is 3.12. The first-order valence-electron chi connectivity index (χ1n) is 10.6. The van der Waals surface area contributed by atoms with Gasteiger partial charge in [-0.05, 0) is 37.3 Å². The van der Waals surface area contributed by atoms with E-state index in [1.54, 1.807) is 0 Å². The largest absolute Gasteiger partial charge is 0.434 e. The highest BCUT2D eigenvalue weighted by atomic mass is 19.4. The van der Waals surface area contributed by atoms with Crippen LogP contribution in [-0.2, 0) is 6.18 Å². The Balaban J connectivity index is 0.000000235. The number of nitrogens with zero attached hydrogens (tertiary/aromatic N) is 6. The van der Waals surface area contributed by atoms with Gasteiger partial charge in [0.2, 0.25) is 0 Å². The molecule has 0 amide bonds. The van der Waals surface area contributed by atoms with E-state index in [1.165, 1.54) is 0 Å². The molecule has 13 heteroatoms. The second kappa shape index (κ2) is 10.9. The molecule has 2 atom stereocenters. The Morgan fingerprint density at radius 3 is 2.03 bits per heavy atom. The van der Waals surface area contributed by atoms with Gasteiger partial charge in [-0.25, -0.2) is 4.98 Å². The quantitative estimate of drug-likeness (QED) is 0.505. The highest BCUT2D eigenvalue weighted by Gasteiger charge is 2.33. The lowest BCUT2D eigenvalue weighted by molar-refractivity contribution is -0.141. The summed E-state index contributed by atoms with van der Waals surface area (Å²) in [5, 5.41) is 37.1. The Morgan fingerprint density at radius 2 is 1.55 bits per heavy atom. The number of aliphatic hydroxyl groups is 3. The second-order valence-corrected chi connectivity index (χ2v) is 8.06. The zero-order valence-electron chi connectivity index (χ0n) is 17.9. The van der Waals surface area contributed by atoms with Crippen LogP contribution in [0.4, 0.5) is 30.6 Å². The van der Waals surface area contributed by atoms with Crippen LogP contribution in [0.5, 0.6) is 0 Å². The fraction of sp³-hybridized carbons (Fsp3) is 0.600. The molecule has 0 bridgehead atoms. The molecule has 0 radical (unpaired) electrons. The SMILES string of the molecule is Nc1cncc(C(F)(F)F)n1.OCC1CCN(c2ccc(N3CCC(O)C(O)C3)nn2)CC1. The lowest BCUT2D eigenvalue weighted by Crippen LogP contribution is -2.47. The van der Waals surface area contributed by atoms with Crippen LogP contribution in [0.2, 0.25) is 0 Å². The molecule has 2 aromatic heterocycles. The van der Waals surface area contributed by atoms with Gasteiger partial charge < -0.3 is 30.9 Å². The molecular weight excluding hydrogens is 443 g/mol. The molecule has 10 nitrogen and oxygen atoms in total. The molecule has 2 saturated heterocycles. The van der Waals surface area contributed by atoms with Crippen molar-refractivity contribution in [3.63, 3.8) is 0 Å². The van der Waals surface area contributed by atoms with Crippen LogP contribution in [0.1, 0.15) is 25.0 Å². The maximum atomic E-state index is 11.8. The Bertz CT molecular complexity index is 880. The van der Waals surface area contributed by atoms with Crippen molar-refractivity contribution < 1.29 is 28.5 Å². The zero-order valence-corrected chi connectivity index (χ0v) is 17.9. The highest BCUT2D eigenvalue weighted by molar-refractivity contribution is 5.45. The average Bonchev–Trinajstić information content (AvgIpc) is 2.81. The zero-order chi connectivity index (χ0) is 24.0. The van der Waals surface area contributed by atoms with Crippen molar-refractivity contribution in [2.45, 2.75) is 37.6 Å². The first-order valence-corrected chi connectivity index (χ1v) is 10.6. The number of anilines is 3. The van der Waals surface area contributed by atoms with E-state index in [2.05, 4.69) is 25.1 Å². The Morgan fingerprint density at radius 1 is 0.939 bits per heavy atom. The fourth-order valence-electron chi connectivity index (χ4n) is 3.65. The van der Waals surface area contributed by atoms with E-state index >= 15 is 0 Å². The van der Waals surface area contributed by atoms with E-state index in [1.807, 2.05) is 17.0 Å². The Hall–Kier alpha value is -2.77. The van der Waals surface area contributed by atoms with Crippen molar-refractivity contribution in [2.24, 2.45) is 5.92 Å². The molecule has 4 rings (SSSR count). The summed E-state index contributed by atoms with van der Waals surface area (Å²) < 4.78 is 35.4. The second-order valence-electron chi connectivity index (χ2n) is 8.06. The minimum Gasteiger partial charge on any atom is -0.396 e. The van der Waals surface area contributed by atoms with Crippen molar-refractivity contribution in [1.29, 1.82) is 0 Å². The maximum absolute atomic E-state index is 11.8. The smallest absolute Gasteiger partial charge is 0.396 e. The molecule has 2 aromatic rings. The van der Waals surface area contributed by atoms with Crippen LogP contribution >= 0.6 is 0 Å². The predicted octanol–water partition coefficient (Wildman–Crippen LogP) is 0.695. The number of nitrogens with two attached hydrogens (primary N) is 1. The first kappa shape index (κ1) is 24.9. The van der Waals surface area contributed by atoms with Crippen molar-refractivity contribution in [3.8, 4) is 0 Å². The third kappa shape index (κ3) is 6.85. The van der Waals surface area contributed by atoms with Gasteiger partial charge in [-0.3, -0.25) is 4.98 Å². The minimum absolute atomic E-state index is 0.236. The Labute approximate surface area is 188 Å². The molecule has 0 saturated carbocycles. The molecule has 0 aromatic carbocycles. The number of hydrogen-bond acceptors (Lipinski definition) is 10. The van der Waals surface area contributed by atoms with E-state index < -0.39 is 24.1 Å². The number of hydrogen-bond donors (Lipinski definition) is 4. The third-order valence-electron chi connectivity index (χ3n) is 5.65. The van der Waals surface area contributed by atoms with E-state index in [0.29, 0.717) is 31.6 Å². The number of aromatic nitrogens is 4. The van der Waals surface area contributed by atoms with Crippen molar-refractivity contribution in [1.82, 2.24) is 20.2 Å². The number of aliphatic hydroxyl groups excluding tert-OH is 3. The molecule has 33 heavy (non-hydrogen) atoms. The number of halogens is 3. The summed E-state index contributed by atoms with van der Waals surface area (Å²) >= 11 is 0. The molecule has 0 spiro atoms. The van der Waals surface area contributed by atoms with Gasteiger partial charge >= 0.3 is 6.18 Å². The lowest BCUT2D eigenvalue weighted by atomic mass is 9.98. The van der Waals surface area contributed by atoms with Gasteiger partial charge in [0.25, 0.3) is 0 Å². The van der Waals surface area contributed by atoms with Crippen molar-refractivity contribution in [3.05, 3.63) is 30.2 Å². The van der Waals surface area contributed by atoms with E-state index in [4.69, 9.17) is 5.73 Å². The van der Waals surface area contributed by atoms with Crippen LogP contribution in [0, 0.1) is 5.92 Å². The van der Waals surface area contributed by atoms with Crippen LogP contribution in [-0.4, -0.2) is 80.5 Å². The monoisotopic (exact) mass is 471 g/mol. The molecule has 2 unspecified atom stereocenters. The number of alkyl halides is 3. The number of piperidine rings is 2. The molecule has 2 aliphatic rings. The van der Waals surface area contributed by atoms with E-state index in [-0.39, 0.29) is 12.4 Å². The van der Waals surface area contributed by atoms with Gasteiger partial charge in [0.15, 0.2) is 17.3 Å². The first-order chi connectivity index (χ1) is 15.7. The molecule has 182 valence electrons. The van der Waals surface area contributed by atoms with E-state index in [0.717, 1.165) is 43.8 Å². The van der Waals surface area contributed by atoms with Crippen molar-refractivity contribution >= 4 is 17.5 Å².